The van der Waals surface area contributed by atoms with E-state index >= 15 is 0 Å². The van der Waals surface area contributed by atoms with Crippen molar-refractivity contribution in [2.45, 2.75) is 11.7 Å². The molecule has 148 valence electrons. The number of carbonyl (C=O) groups is 1. The number of halogens is 1. The predicted octanol–water partition coefficient (Wildman–Crippen LogP) is 3.39. The number of hydrogen-bond acceptors (Lipinski definition) is 4. The lowest BCUT2D eigenvalue weighted by molar-refractivity contribution is -0.129. The van der Waals surface area contributed by atoms with E-state index in [1.165, 1.54) is 23.9 Å². The van der Waals surface area contributed by atoms with Crippen LogP contribution >= 0.6 is 11.8 Å². The Morgan fingerprint density at radius 3 is 2.64 bits per heavy atom. The molecule has 1 amide bonds. The van der Waals surface area contributed by atoms with Gasteiger partial charge in [-0.25, -0.2) is 9.37 Å². The number of fused-ring (bicyclic) bond motifs is 1. The second-order valence-electron chi connectivity index (χ2n) is 6.98. The number of likely N-dealkylation sites (N-methyl/N-ethyl adjacent to an activating group) is 1. The highest BCUT2D eigenvalue weighted by Crippen LogP contribution is 2.23. The highest BCUT2D eigenvalue weighted by molar-refractivity contribution is 7.99. The molecule has 3 rings (SSSR count). The van der Waals surface area contributed by atoms with Gasteiger partial charge in [-0.3, -0.25) is 4.79 Å². The van der Waals surface area contributed by atoms with Gasteiger partial charge >= 0.3 is 0 Å². The van der Waals surface area contributed by atoms with Gasteiger partial charge in [-0.15, -0.1) is 0 Å². The van der Waals surface area contributed by atoms with E-state index < -0.39 is 0 Å². The number of thioether (sulfide) groups is 1. The molecule has 0 unspecified atom stereocenters. The minimum Gasteiger partial charge on any atom is -0.336 e. The third-order valence-electron chi connectivity index (χ3n) is 4.50. The summed E-state index contributed by atoms with van der Waals surface area (Å²) in [7, 11) is 5.90. The van der Waals surface area contributed by atoms with Gasteiger partial charge in [0.2, 0.25) is 5.91 Å². The first kappa shape index (κ1) is 20.4. The summed E-state index contributed by atoms with van der Waals surface area (Å²) in [6.07, 6.45) is 0. The Kier molecular flexibility index (Phi) is 6.70. The van der Waals surface area contributed by atoms with Crippen LogP contribution in [-0.4, -0.2) is 58.2 Å². The van der Waals surface area contributed by atoms with Crippen molar-refractivity contribution in [2.75, 3.05) is 32.9 Å². The molecule has 2 aromatic carbocycles. The number of imidazole rings is 1. The molecule has 0 atom stereocenters. The average molecular weight is 401 g/mol. The molecule has 0 aliphatic rings. The Morgan fingerprint density at radius 2 is 1.93 bits per heavy atom. The molecule has 0 radical (unpaired) electrons. The van der Waals surface area contributed by atoms with Gasteiger partial charge < -0.3 is 14.4 Å². The van der Waals surface area contributed by atoms with Gasteiger partial charge in [0.05, 0.1) is 16.8 Å². The van der Waals surface area contributed by atoms with Crippen LogP contribution in [0.1, 0.15) is 5.56 Å². The number of hydrogen-bond donors (Lipinski definition) is 0. The lowest BCUT2D eigenvalue weighted by Crippen LogP contribution is -2.37. The fraction of sp³-hybridized carbons (Fsp3) is 0.333. The molecule has 0 saturated carbocycles. The molecule has 1 aromatic heterocycles. The third-order valence-corrected chi connectivity index (χ3v) is 5.52. The van der Waals surface area contributed by atoms with Crippen LogP contribution in [0.3, 0.4) is 0 Å². The van der Waals surface area contributed by atoms with E-state index in [2.05, 4.69) is 4.98 Å². The molecule has 0 saturated heterocycles. The number of aromatic nitrogens is 2. The van der Waals surface area contributed by atoms with Crippen molar-refractivity contribution >= 4 is 28.7 Å². The van der Waals surface area contributed by atoms with E-state index in [1.54, 1.807) is 11.0 Å². The summed E-state index contributed by atoms with van der Waals surface area (Å²) in [5.74, 6) is 0.0228. The van der Waals surface area contributed by atoms with Crippen LogP contribution in [-0.2, 0) is 18.4 Å². The minimum absolute atomic E-state index is 0.0168. The summed E-state index contributed by atoms with van der Waals surface area (Å²) in [4.78, 5) is 21.3. The quantitative estimate of drug-likeness (QED) is 0.544. The molecule has 0 N–H and O–H groups in total. The lowest BCUT2D eigenvalue weighted by Gasteiger charge is -2.24. The second kappa shape index (κ2) is 9.21. The first-order chi connectivity index (χ1) is 13.4. The van der Waals surface area contributed by atoms with Crippen molar-refractivity contribution in [3.05, 3.63) is 59.9 Å². The van der Waals surface area contributed by atoms with Gasteiger partial charge in [0, 0.05) is 26.7 Å². The van der Waals surface area contributed by atoms with Crippen LogP contribution in [0.4, 0.5) is 4.39 Å². The maximum Gasteiger partial charge on any atom is 0.233 e. The molecule has 3 aromatic rings. The van der Waals surface area contributed by atoms with E-state index in [1.807, 2.05) is 60.9 Å². The van der Waals surface area contributed by atoms with Crippen LogP contribution < -0.4 is 0 Å². The molecule has 0 aliphatic carbocycles. The van der Waals surface area contributed by atoms with Gasteiger partial charge in [0.1, 0.15) is 5.82 Å². The Morgan fingerprint density at radius 1 is 1.14 bits per heavy atom. The van der Waals surface area contributed by atoms with E-state index in [9.17, 15) is 9.18 Å². The summed E-state index contributed by atoms with van der Waals surface area (Å²) in [6.45, 7) is 1.73. The van der Waals surface area contributed by atoms with Crippen molar-refractivity contribution in [3.8, 4) is 0 Å². The third kappa shape index (κ3) is 5.11. The fourth-order valence-electron chi connectivity index (χ4n) is 2.94. The topological polar surface area (TPSA) is 41.4 Å². The standard InChI is InChI=1S/C21H25FN4OS/c1-24(2)11-12-26(14-16-7-6-8-17(22)13-16)20(27)15-28-21-23-18-9-4-5-10-19(18)25(21)3/h4-10,13H,11-12,14-15H2,1-3H3. The molecular formula is C21H25FN4OS. The maximum atomic E-state index is 13.5. The monoisotopic (exact) mass is 400 g/mol. The molecule has 1 heterocycles. The number of benzene rings is 2. The van der Waals surface area contributed by atoms with Crippen molar-refractivity contribution in [1.82, 2.24) is 19.4 Å². The first-order valence-corrected chi connectivity index (χ1v) is 10.1. The second-order valence-corrected chi connectivity index (χ2v) is 7.92. The van der Waals surface area contributed by atoms with Gasteiger partial charge in [-0.05, 0) is 43.9 Å². The van der Waals surface area contributed by atoms with Crippen molar-refractivity contribution in [3.63, 3.8) is 0 Å². The van der Waals surface area contributed by atoms with Crippen LogP contribution in [0.25, 0.3) is 11.0 Å². The zero-order valence-electron chi connectivity index (χ0n) is 16.4. The van der Waals surface area contributed by atoms with Crippen LogP contribution in [0.2, 0.25) is 0 Å². The van der Waals surface area contributed by atoms with Crippen molar-refractivity contribution in [1.29, 1.82) is 0 Å². The van der Waals surface area contributed by atoms with Crippen molar-refractivity contribution < 1.29 is 9.18 Å². The Hall–Kier alpha value is -2.38. The first-order valence-electron chi connectivity index (χ1n) is 9.15. The highest BCUT2D eigenvalue weighted by Gasteiger charge is 2.17. The molecule has 5 nitrogen and oxygen atoms in total. The van der Waals surface area contributed by atoms with E-state index in [-0.39, 0.29) is 11.7 Å². The van der Waals surface area contributed by atoms with E-state index in [4.69, 9.17) is 0 Å². The zero-order valence-corrected chi connectivity index (χ0v) is 17.2. The summed E-state index contributed by atoms with van der Waals surface area (Å²) >= 11 is 1.43. The number of nitrogens with zero attached hydrogens (tertiary/aromatic N) is 4. The predicted molar refractivity (Wildman–Crippen MR) is 112 cm³/mol. The largest absolute Gasteiger partial charge is 0.336 e. The smallest absolute Gasteiger partial charge is 0.233 e. The van der Waals surface area contributed by atoms with E-state index in [0.29, 0.717) is 18.8 Å². The van der Waals surface area contributed by atoms with Gasteiger partial charge in [-0.2, -0.15) is 0 Å². The molecular weight excluding hydrogens is 375 g/mol. The fourth-order valence-corrected chi connectivity index (χ4v) is 3.83. The zero-order chi connectivity index (χ0) is 20.1. The van der Waals surface area contributed by atoms with Gasteiger partial charge in [0.25, 0.3) is 0 Å². The molecule has 0 aliphatic heterocycles. The summed E-state index contributed by atoms with van der Waals surface area (Å²) < 4.78 is 15.5. The lowest BCUT2D eigenvalue weighted by atomic mass is 10.2. The molecule has 0 bridgehead atoms. The Balaban J connectivity index is 1.69. The van der Waals surface area contributed by atoms with Gasteiger partial charge in [-0.1, -0.05) is 36.0 Å². The highest BCUT2D eigenvalue weighted by atomic mass is 32.2. The number of amides is 1. The number of aryl methyl sites for hydroxylation is 1. The SMILES string of the molecule is CN(C)CCN(Cc1cccc(F)c1)C(=O)CSc1nc2ccccc2n1C. The van der Waals surface area contributed by atoms with Crippen LogP contribution in [0.15, 0.2) is 53.7 Å². The van der Waals surface area contributed by atoms with Gasteiger partial charge in [0.15, 0.2) is 5.16 Å². The summed E-state index contributed by atoms with van der Waals surface area (Å²) in [6, 6.07) is 14.3. The number of para-hydroxylation sites is 2. The maximum absolute atomic E-state index is 13.5. The average Bonchev–Trinajstić information content (AvgIpc) is 2.99. The minimum atomic E-state index is -0.286. The van der Waals surface area contributed by atoms with E-state index in [0.717, 1.165) is 28.3 Å². The molecule has 7 heteroatoms. The van der Waals surface area contributed by atoms with Crippen LogP contribution in [0.5, 0.6) is 0 Å². The molecule has 28 heavy (non-hydrogen) atoms. The van der Waals surface area contributed by atoms with Crippen LogP contribution in [0, 0.1) is 5.82 Å². The summed E-state index contributed by atoms with van der Waals surface area (Å²) in [5.41, 5.74) is 2.76. The number of carbonyl (C=O) groups excluding carboxylic acids is 1. The Labute approximate surface area is 169 Å². The van der Waals surface area contributed by atoms with Crippen molar-refractivity contribution in [2.24, 2.45) is 7.05 Å². The number of rotatable bonds is 8. The molecule has 0 spiro atoms. The summed E-state index contributed by atoms with van der Waals surface area (Å²) in [5, 5.41) is 0.813. The Bertz CT molecular complexity index is 956. The normalized spacial score (nSPS) is 11.3. The molecule has 0 fully saturated rings.